The summed E-state index contributed by atoms with van der Waals surface area (Å²) < 4.78 is 5.73. The van der Waals surface area contributed by atoms with Crippen LogP contribution in [0.15, 0.2) is 30.3 Å². The molecule has 20 heavy (non-hydrogen) atoms. The number of aromatic nitrogens is 2. The zero-order valence-corrected chi connectivity index (χ0v) is 12.5. The molecule has 0 aliphatic heterocycles. The van der Waals surface area contributed by atoms with E-state index >= 15 is 0 Å². The van der Waals surface area contributed by atoms with Crippen LogP contribution in [-0.2, 0) is 0 Å². The average molecular weight is 271 g/mol. The third kappa shape index (κ3) is 3.70. The molecule has 1 aromatic carbocycles. The molecule has 1 aromatic heterocycles. The van der Waals surface area contributed by atoms with Crippen molar-refractivity contribution in [3.05, 3.63) is 36.0 Å². The highest BCUT2D eigenvalue weighted by molar-refractivity contribution is 5.62. The summed E-state index contributed by atoms with van der Waals surface area (Å²) in [5.41, 5.74) is 2.89. The first-order chi connectivity index (χ1) is 9.58. The molecule has 0 atom stereocenters. The maximum Gasteiger partial charge on any atom is 0.223 e. The van der Waals surface area contributed by atoms with Crippen LogP contribution < -0.4 is 10.1 Å². The molecule has 1 N–H and O–H groups in total. The van der Waals surface area contributed by atoms with Crippen molar-refractivity contribution in [2.45, 2.75) is 33.8 Å². The molecule has 0 aliphatic carbocycles. The van der Waals surface area contributed by atoms with E-state index in [1.807, 2.05) is 58.0 Å². The first-order valence-corrected chi connectivity index (χ1v) is 6.95. The van der Waals surface area contributed by atoms with Gasteiger partial charge in [-0.3, -0.25) is 0 Å². The molecule has 0 aliphatic rings. The van der Waals surface area contributed by atoms with Crippen LogP contribution in [0.25, 0.3) is 11.3 Å². The molecule has 106 valence electrons. The number of anilines is 1. The fourth-order valence-corrected chi connectivity index (χ4v) is 1.95. The van der Waals surface area contributed by atoms with Gasteiger partial charge < -0.3 is 10.1 Å². The van der Waals surface area contributed by atoms with Crippen LogP contribution in [0.5, 0.6) is 5.75 Å². The molecule has 2 aromatic rings. The summed E-state index contributed by atoms with van der Waals surface area (Å²) in [7, 11) is 0. The van der Waals surface area contributed by atoms with Crippen LogP contribution in [0.4, 0.5) is 5.95 Å². The third-order valence-corrected chi connectivity index (χ3v) is 2.69. The predicted octanol–water partition coefficient (Wildman–Crippen LogP) is 3.67. The Bertz CT molecular complexity index is 582. The van der Waals surface area contributed by atoms with E-state index in [-0.39, 0.29) is 6.10 Å². The molecule has 0 saturated carbocycles. The van der Waals surface area contributed by atoms with E-state index in [0.717, 1.165) is 29.2 Å². The van der Waals surface area contributed by atoms with E-state index in [9.17, 15) is 0 Å². The lowest BCUT2D eigenvalue weighted by Gasteiger charge is -2.11. The monoisotopic (exact) mass is 271 g/mol. The lowest BCUT2D eigenvalue weighted by molar-refractivity contribution is 0.242. The maximum absolute atomic E-state index is 5.73. The molecule has 1 heterocycles. The number of hydrogen-bond donors (Lipinski definition) is 1. The number of nitrogens with one attached hydrogen (secondary N) is 1. The first kappa shape index (κ1) is 14.3. The SMILES string of the molecule is CCNc1nc(C)cc(-c2cccc(OC(C)C)c2)n1. The van der Waals surface area contributed by atoms with Crippen molar-refractivity contribution in [1.29, 1.82) is 0 Å². The number of rotatable bonds is 5. The standard InChI is InChI=1S/C16H21N3O/c1-5-17-16-18-12(4)9-15(19-16)13-7-6-8-14(10-13)20-11(2)3/h6-11H,5H2,1-4H3,(H,17,18,19). The molecule has 0 unspecified atom stereocenters. The van der Waals surface area contributed by atoms with Gasteiger partial charge >= 0.3 is 0 Å². The van der Waals surface area contributed by atoms with Crippen molar-refractivity contribution in [1.82, 2.24) is 9.97 Å². The minimum Gasteiger partial charge on any atom is -0.491 e. The van der Waals surface area contributed by atoms with Crippen LogP contribution in [0, 0.1) is 6.92 Å². The van der Waals surface area contributed by atoms with Crippen LogP contribution in [0.1, 0.15) is 26.5 Å². The summed E-state index contributed by atoms with van der Waals surface area (Å²) in [6, 6.07) is 9.97. The fraction of sp³-hybridized carbons (Fsp3) is 0.375. The zero-order chi connectivity index (χ0) is 14.5. The van der Waals surface area contributed by atoms with Crippen LogP contribution in [-0.4, -0.2) is 22.6 Å². The van der Waals surface area contributed by atoms with Gasteiger partial charge in [0, 0.05) is 17.8 Å². The van der Waals surface area contributed by atoms with Gasteiger partial charge in [0.2, 0.25) is 5.95 Å². The molecule has 0 bridgehead atoms. The van der Waals surface area contributed by atoms with E-state index in [0.29, 0.717) is 5.95 Å². The van der Waals surface area contributed by atoms with Gasteiger partial charge in [-0.1, -0.05) is 12.1 Å². The fourth-order valence-electron chi connectivity index (χ4n) is 1.95. The summed E-state index contributed by atoms with van der Waals surface area (Å²) in [6.07, 6.45) is 0.162. The van der Waals surface area contributed by atoms with Crippen molar-refractivity contribution in [2.75, 3.05) is 11.9 Å². The highest BCUT2D eigenvalue weighted by Crippen LogP contribution is 2.24. The van der Waals surface area contributed by atoms with E-state index in [2.05, 4.69) is 15.3 Å². The largest absolute Gasteiger partial charge is 0.491 e. The highest BCUT2D eigenvalue weighted by atomic mass is 16.5. The van der Waals surface area contributed by atoms with E-state index in [4.69, 9.17) is 4.74 Å². The molecular weight excluding hydrogens is 250 g/mol. The van der Waals surface area contributed by atoms with Crippen LogP contribution in [0.2, 0.25) is 0 Å². The minimum atomic E-state index is 0.162. The summed E-state index contributed by atoms with van der Waals surface area (Å²) in [4.78, 5) is 8.90. The molecule has 4 heteroatoms. The zero-order valence-electron chi connectivity index (χ0n) is 12.5. The van der Waals surface area contributed by atoms with Gasteiger partial charge in [0.05, 0.1) is 11.8 Å². The number of aryl methyl sites for hydroxylation is 1. The molecule has 0 saturated heterocycles. The lowest BCUT2D eigenvalue weighted by atomic mass is 10.1. The van der Waals surface area contributed by atoms with Gasteiger partial charge in [-0.2, -0.15) is 0 Å². The predicted molar refractivity (Wildman–Crippen MR) is 82.1 cm³/mol. The maximum atomic E-state index is 5.73. The average Bonchev–Trinajstić information content (AvgIpc) is 2.38. The van der Waals surface area contributed by atoms with Crippen molar-refractivity contribution in [3.63, 3.8) is 0 Å². The Morgan fingerprint density at radius 1 is 1.20 bits per heavy atom. The molecule has 0 radical (unpaired) electrons. The third-order valence-electron chi connectivity index (χ3n) is 2.69. The Morgan fingerprint density at radius 2 is 2.00 bits per heavy atom. The van der Waals surface area contributed by atoms with Gasteiger partial charge in [-0.15, -0.1) is 0 Å². The van der Waals surface area contributed by atoms with E-state index in [1.54, 1.807) is 0 Å². The summed E-state index contributed by atoms with van der Waals surface area (Å²) >= 11 is 0. The number of hydrogen-bond acceptors (Lipinski definition) is 4. The van der Waals surface area contributed by atoms with Gasteiger partial charge in [-0.05, 0) is 45.9 Å². The van der Waals surface area contributed by atoms with E-state index < -0.39 is 0 Å². The molecule has 0 fully saturated rings. The summed E-state index contributed by atoms with van der Waals surface area (Å²) in [6.45, 7) is 8.85. The molecule has 0 spiro atoms. The quantitative estimate of drug-likeness (QED) is 0.901. The molecule has 2 rings (SSSR count). The highest BCUT2D eigenvalue weighted by Gasteiger charge is 2.06. The van der Waals surface area contributed by atoms with Crippen molar-refractivity contribution >= 4 is 5.95 Å². The minimum absolute atomic E-state index is 0.162. The first-order valence-electron chi connectivity index (χ1n) is 6.95. The van der Waals surface area contributed by atoms with Gasteiger partial charge in [0.25, 0.3) is 0 Å². The topological polar surface area (TPSA) is 47.0 Å². The Balaban J connectivity index is 2.35. The van der Waals surface area contributed by atoms with Gasteiger partial charge in [0.1, 0.15) is 5.75 Å². The second kappa shape index (κ2) is 6.37. The smallest absolute Gasteiger partial charge is 0.223 e. The summed E-state index contributed by atoms with van der Waals surface area (Å²) in [5.74, 6) is 1.52. The molecule has 4 nitrogen and oxygen atoms in total. The van der Waals surface area contributed by atoms with Gasteiger partial charge in [0.15, 0.2) is 0 Å². The molecular formula is C16H21N3O. The Labute approximate surface area is 120 Å². The molecule has 0 amide bonds. The Morgan fingerprint density at radius 3 is 2.70 bits per heavy atom. The summed E-state index contributed by atoms with van der Waals surface area (Å²) in [5, 5.41) is 3.15. The number of nitrogens with zero attached hydrogens (tertiary/aromatic N) is 2. The Kier molecular flexibility index (Phi) is 4.56. The number of ether oxygens (including phenoxy) is 1. The number of benzene rings is 1. The van der Waals surface area contributed by atoms with Crippen LogP contribution in [0.3, 0.4) is 0 Å². The van der Waals surface area contributed by atoms with Crippen molar-refractivity contribution in [3.8, 4) is 17.0 Å². The van der Waals surface area contributed by atoms with Crippen molar-refractivity contribution in [2.24, 2.45) is 0 Å². The Hall–Kier alpha value is -2.10. The second-order valence-electron chi connectivity index (χ2n) is 4.94. The van der Waals surface area contributed by atoms with E-state index in [1.165, 1.54) is 0 Å². The lowest BCUT2D eigenvalue weighted by Crippen LogP contribution is -2.06. The second-order valence-corrected chi connectivity index (χ2v) is 4.94. The normalized spacial score (nSPS) is 10.7. The van der Waals surface area contributed by atoms with Crippen molar-refractivity contribution < 1.29 is 4.74 Å². The van der Waals surface area contributed by atoms with Gasteiger partial charge in [-0.25, -0.2) is 9.97 Å². The van der Waals surface area contributed by atoms with Crippen LogP contribution >= 0.6 is 0 Å².